The first-order valence-electron chi connectivity index (χ1n) is 5.92. The summed E-state index contributed by atoms with van der Waals surface area (Å²) in [6.07, 6.45) is -1.77. The van der Waals surface area contributed by atoms with Crippen LogP contribution in [0.4, 0.5) is 13.2 Å². The van der Waals surface area contributed by atoms with E-state index < -0.39 is 11.7 Å². The van der Waals surface area contributed by atoms with Gasteiger partial charge in [0.15, 0.2) is 0 Å². The van der Waals surface area contributed by atoms with Gasteiger partial charge in [-0.25, -0.2) is 0 Å². The lowest BCUT2D eigenvalue weighted by atomic mass is 9.78. The molecule has 104 valence electrons. The van der Waals surface area contributed by atoms with Crippen LogP contribution in [-0.2, 0) is 6.18 Å². The number of carbonyl (C=O) groups excluding carboxylic acids is 1. The molecular formula is C13H13ClF3NO. The second kappa shape index (κ2) is 5.04. The molecular weight excluding hydrogens is 279 g/mol. The van der Waals surface area contributed by atoms with Gasteiger partial charge in [0.1, 0.15) is 0 Å². The predicted molar refractivity (Wildman–Crippen MR) is 66.2 cm³/mol. The molecule has 1 aromatic carbocycles. The molecule has 0 unspecified atom stereocenters. The number of rotatable bonds is 3. The highest BCUT2D eigenvalue weighted by Crippen LogP contribution is 2.33. The van der Waals surface area contributed by atoms with Crippen molar-refractivity contribution in [2.24, 2.45) is 0 Å². The fourth-order valence-electron chi connectivity index (χ4n) is 2.02. The zero-order valence-electron chi connectivity index (χ0n) is 10.1. The summed E-state index contributed by atoms with van der Waals surface area (Å²) >= 11 is 5.81. The third kappa shape index (κ3) is 3.03. The molecule has 2 rings (SSSR count). The third-order valence-corrected chi connectivity index (χ3v) is 3.93. The number of hydrogen-bond donors (Lipinski definition) is 1. The van der Waals surface area contributed by atoms with Gasteiger partial charge in [0.05, 0.1) is 11.1 Å². The van der Waals surface area contributed by atoms with Crippen molar-refractivity contribution < 1.29 is 18.0 Å². The molecule has 19 heavy (non-hydrogen) atoms. The quantitative estimate of drug-likeness (QED) is 0.847. The molecule has 1 aromatic rings. The van der Waals surface area contributed by atoms with E-state index in [1.165, 1.54) is 12.1 Å². The van der Waals surface area contributed by atoms with Gasteiger partial charge in [0.2, 0.25) is 0 Å². The van der Waals surface area contributed by atoms with Crippen molar-refractivity contribution in [1.82, 2.24) is 5.32 Å². The normalized spacial score (nSPS) is 17.7. The van der Waals surface area contributed by atoms with E-state index in [2.05, 4.69) is 5.32 Å². The monoisotopic (exact) mass is 291 g/mol. The predicted octanol–water partition coefficient (Wildman–Crippen LogP) is 3.60. The minimum Gasteiger partial charge on any atom is -0.345 e. The largest absolute Gasteiger partial charge is 0.416 e. The molecule has 1 fully saturated rings. The maximum Gasteiger partial charge on any atom is 0.416 e. The highest BCUT2D eigenvalue weighted by Gasteiger charge is 2.37. The Morgan fingerprint density at radius 1 is 1.26 bits per heavy atom. The topological polar surface area (TPSA) is 29.1 Å². The van der Waals surface area contributed by atoms with Gasteiger partial charge in [-0.2, -0.15) is 13.2 Å². The van der Waals surface area contributed by atoms with Crippen molar-refractivity contribution in [3.8, 4) is 0 Å². The molecule has 0 aromatic heterocycles. The van der Waals surface area contributed by atoms with E-state index in [9.17, 15) is 18.0 Å². The summed E-state index contributed by atoms with van der Waals surface area (Å²) in [6.45, 7) is 0. The van der Waals surface area contributed by atoms with Crippen molar-refractivity contribution in [1.29, 1.82) is 0 Å². The van der Waals surface area contributed by atoms with Crippen LogP contribution in [0.25, 0.3) is 0 Å². The molecule has 1 N–H and O–H groups in total. The highest BCUT2D eigenvalue weighted by molar-refractivity contribution is 6.19. The van der Waals surface area contributed by atoms with Gasteiger partial charge in [0.25, 0.3) is 5.91 Å². The maximum atomic E-state index is 12.4. The van der Waals surface area contributed by atoms with Gasteiger partial charge < -0.3 is 5.32 Å². The molecule has 2 nitrogen and oxygen atoms in total. The summed E-state index contributed by atoms with van der Waals surface area (Å²) in [7, 11) is 0. The SMILES string of the molecule is O=C(NC1(CCl)CCC1)c1ccc(C(F)(F)F)cc1. The summed E-state index contributed by atoms with van der Waals surface area (Å²) in [4.78, 5) is 11.9. The molecule has 1 amide bonds. The molecule has 0 aliphatic heterocycles. The van der Waals surface area contributed by atoms with Crippen LogP contribution in [-0.4, -0.2) is 17.3 Å². The van der Waals surface area contributed by atoms with Gasteiger partial charge >= 0.3 is 6.18 Å². The van der Waals surface area contributed by atoms with E-state index in [0.29, 0.717) is 5.88 Å². The van der Waals surface area contributed by atoms with Crippen LogP contribution in [0.15, 0.2) is 24.3 Å². The van der Waals surface area contributed by atoms with Crippen LogP contribution >= 0.6 is 11.6 Å². The minimum atomic E-state index is -4.39. The number of amides is 1. The first-order chi connectivity index (χ1) is 8.86. The van der Waals surface area contributed by atoms with Crippen LogP contribution in [0.5, 0.6) is 0 Å². The van der Waals surface area contributed by atoms with Crippen molar-refractivity contribution in [3.63, 3.8) is 0 Å². The van der Waals surface area contributed by atoms with Crippen LogP contribution in [0.1, 0.15) is 35.2 Å². The van der Waals surface area contributed by atoms with E-state index in [1.54, 1.807) is 0 Å². The summed E-state index contributed by atoms with van der Waals surface area (Å²) in [6, 6.07) is 4.17. The van der Waals surface area contributed by atoms with E-state index in [0.717, 1.165) is 31.4 Å². The first kappa shape index (κ1) is 14.2. The Kier molecular flexibility index (Phi) is 3.76. The number of carbonyl (C=O) groups is 1. The molecule has 0 saturated heterocycles. The zero-order valence-corrected chi connectivity index (χ0v) is 10.8. The molecule has 0 heterocycles. The number of nitrogens with one attached hydrogen (secondary N) is 1. The number of alkyl halides is 4. The van der Waals surface area contributed by atoms with Crippen molar-refractivity contribution in [2.45, 2.75) is 31.0 Å². The Morgan fingerprint density at radius 2 is 1.84 bits per heavy atom. The van der Waals surface area contributed by atoms with Crippen LogP contribution < -0.4 is 5.32 Å². The maximum absolute atomic E-state index is 12.4. The standard InChI is InChI=1S/C13H13ClF3NO/c14-8-12(6-1-7-12)18-11(19)9-2-4-10(5-3-9)13(15,16)17/h2-5H,1,6-8H2,(H,18,19). The minimum absolute atomic E-state index is 0.212. The number of hydrogen-bond acceptors (Lipinski definition) is 1. The summed E-state index contributed by atoms with van der Waals surface area (Å²) < 4.78 is 37.2. The Bertz CT molecular complexity index is 460. The second-order valence-electron chi connectivity index (χ2n) is 4.80. The summed E-state index contributed by atoms with van der Waals surface area (Å²) in [5.74, 6) is -0.0617. The average molecular weight is 292 g/mol. The third-order valence-electron chi connectivity index (χ3n) is 3.42. The van der Waals surface area contributed by atoms with E-state index >= 15 is 0 Å². The van der Waals surface area contributed by atoms with E-state index in [-0.39, 0.29) is 17.0 Å². The highest BCUT2D eigenvalue weighted by atomic mass is 35.5. The number of halogens is 4. The van der Waals surface area contributed by atoms with Gasteiger partial charge in [-0.1, -0.05) is 0 Å². The number of benzene rings is 1. The Morgan fingerprint density at radius 3 is 2.21 bits per heavy atom. The van der Waals surface area contributed by atoms with Gasteiger partial charge in [-0.3, -0.25) is 4.79 Å². The molecule has 0 spiro atoms. The van der Waals surface area contributed by atoms with Gasteiger partial charge in [-0.15, -0.1) is 11.6 Å². The molecule has 0 bridgehead atoms. The lowest BCUT2D eigenvalue weighted by Crippen LogP contribution is -2.55. The second-order valence-corrected chi connectivity index (χ2v) is 5.06. The molecule has 0 radical (unpaired) electrons. The van der Waals surface area contributed by atoms with E-state index in [1.807, 2.05) is 0 Å². The molecule has 6 heteroatoms. The van der Waals surface area contributed by atoms with E-state index in [4.69, 9.17) is 11.6 Å². The van der Waals surface area contributed by atoms with Crippen molar-refractivity contribution >= 4 is 17.5 Å². The summed E-state index contributed by atoms with van der Waals surface area (Å²) in [5.41, 5.74) is -0.939. The van der Waals surface area contributed by atoms with Crippen LogP contribution in [0.3, 0.4) is 0 Å². The molecule has 1 aliphatic rings. The first-order valence-corrected chi connectivity index (χ1v) is 6.45. The fourth-order valence-corrected chi connectivity index (χ4v) is 2.35. The smallest absolute Gasteiger partial charge is 0.345 e. The Hall–Kier alpha value is -1.23. The molecule has 0 atom stereocenters. The van der Waals surface area contributed by atoms with Crippen molar-refractivity contribution in [3.05, 3.63) is 35.4 Å². The fraction of sp³-hybridized carbons (Fsp3) is 0.462. The lowest BCUT2D eigenvalue weighted by Gasteiger charge is -2.41. The average Bonchev–Trinajstić information content (AvgIpc) is 2.32. The Balaban J connectivity index is 2.08. The zero-order chi connectivity index (χ0) is 14.1. The van der Waals surface area contributed by atoms with Crippen molar-refractivity contribution in [2.75, 3.05) is 5.88 Å². The lowest BCUT2D eigenvalue weighted by molar-refractivity contribution is -0.137. The Labute approximate surface area is 113 Å². The molecule has 1 saturated carbocycles. The molecule has 1 aliphatic carbocycles. The van der Waals surface area contributed by atoms with Crippen LogP contribution in [0, 0.1) is 0 Å². The van der Waals surface area contributed by atoms with Gasteiger partial charge in [0, 0.05) is 11.4 Å². The van der Waals surface area contributed by atoms with Gasteiger partial charge in [-0.05, 0) is 43.5 Å². The summed E-state index contributed by atoms with van der Waals surface area (Å²) in [5, 5.41) is 2.80. The van der Waals surface area contributed by atoms with Crippen LogP contribution in [0.2, 0.25) is 0 Å².